The Morgan fingerprint density at radius 3 is 2.62 bits per heavy atom. The van der Waals surface area contributed by atoms with E-state index in [-0.39, 0.29) is 18.9 Å². The molecule has 1 aromatic heterocycles. The van der Waals surface area contributed by atoms with Crippen LogP contribution in [0.2, 0.25) is 0 Å². The molecule has 0 bridgehead atoms. The lowest BCUT2D eigenvalue weighted by Crippen LogP contribution is -2.55. The van der Waals surface area contributed by atoms with Gasteiger partial charge in [0.1, 0.15) is 5.54 Å². The number of fused-ring (bicyclic) bond motifs is 1. The average Bonchev–Trinajstić information content (AvgIpc) is 2.89. The van der Waals surface area contributed by atoms with Crippen molar-refractivity contribution in [3.8, 4) is 0 Å². The van der Waals surface area contributed by atoms with Crippen molar-refractivity contribution in [3.63, 3.8) is 0 Å². The fourth-order valence-corrected chi connectivity index (χ4v) is 3.32. The van der Waals surface area contributed by atoms with Gasteiger partial charge in [-0.2, -0.15) is 0 Å². The van der Waals surface area contributed by atoms with E-state index in [0.717, 1.165) is 19.3 Å². The number of carboxylic acid groups (broad SMARTS) is 1. The van der Waals surface area contributed by atoms with Gasteiger partial charge in [0.25, 0.3) is 0 Å². The van der Waals surface area contributed by atoms with Crippen LogP contribution in [-0.4, -0.2) is 27.1 Å². The number of carboxylic acids is 1. The first-order chi connectivity index (χ1) is 11.5. The Bertz CT molecular complexity index is 814. The second kappa shape index (κ2) is 6.51. The maximum absolute atomic E-state index is 12.2. The van der Waals surface area contributed by atoms with Crippen LogP contribution in [0.25, 0.3) is 11.1 Å². The molecule has 1 heterocycles. The highest BCUT2D eigenvalue weighted by Gasteiger charge is 2.40. The molecule has 1 fully saturated rings. The van der Waals surface area contributed by atoms with Crippen molar-refractivity contribution in [2.75, 3.05) is 0 Å². The minimum atomic E-state index is -1.17. The molecule has 0 spiro atoms. The van der Waals surface area contributed by atoms with Gasteiger partial charge in [-0.25, -0.2) is 9.59 Å². The zero-order chi connectivity index (χ0) is 17.2. The molecule has 0 saturated heterocycles. The molecule has 0 atom stereocenters. The molecule has 3 rings (SSSR count). The number of aliphatic carboxylic acids is 1. The summed E-state index contributed by atoms with van der Waals surface area (Å²) in [6.07, 6.45) is 3.49. The number of hydrogen-bond donors (Lipinski definition) is 2. The van der Waals surface area contributed by atoms with E-state index in [1.807, 2.05) is 0 Å². The number of aryl methyl sites for hydroxylation is 1. The third-order valence-electron chi connectivity index (χ3n) is 4.63. The quantitative estimate of drug-likeness (QED) is 0.870. The van der Waals surface area contributed by atoms with Crippen molar-refractivity contribution < 1.29 is 19.1 Å². The Morgan fingerprint density at radius 1 is 1.21 bits per heavy atom. The van der Waals surface area contributed by atoms with Gasteiger partial charge in [-0.05, 0) is 25.0 Å². The summed E-state index contributed by atoms with van der Waals surface area (Å²) in [7, 11) is 0. The summed E-state index contributed by atoms with van der Waals surface area (Å²) in [6, 6.07) is 6.99. The minimum Gasteiger partial charge on any atom is -0.480 e. The van der Waals surface area contributed by atoms with Gasteiger partial charge in [-0.1, -0.05) is 31.4 Å². The second-order valence-corrected chi connectivity index (χ2v) is 6.23. The first-order valence-electron chi connectivity index (χ1n) is 8.15. The molecule has 2 N–H and O–H groups in total. The normalized spacial score (nSPS) is 16.8. The largest absolute Gasteiger partial charge is 0.480 e. The van der Waals surface area contributed by atoms with Gasteiger partial charge < -0.3 is 14.8 Å². The Labute approximate surface area is 138 Å². The topological polar surface area (TPSA) is 102 Å². The van der Waals surface area contributed by atoms with Crippen molar-refractivity contribution in [2.24, 2.45) is 0 Å². The van der Waals surface area contributed by atoms with Crippen LogP contribution in [0.3, 0.4) is 0 Å². The van der Waals surface area contributed by atoms with Gasteiger partial charge >= 0.3 is 11.7 Å². The van der Waals surface area contributed by atoms with Crippen LogP contribution in [0.15, 0.2) is 33.5 Å². The molecule has 1 aliphatic carbocycles. The number of hydrogen-bond acceptors (Lipinski definition) is 4. The Morgan fingerprint density at radius 2 is 1.92 bits per heavy atom. The van der Waals surface area contributed by atoms with Crippen LogP contribution >= 0.6 is 0 Å². The molecule has 128 valence electrons. The summed E-state index contributed by atoms with van der Waals surface area (Å²) in [5.41, 5.74) is -0.0724. The predicted octanol–water partition coefficient (Wildman–Crippen LogP) is 1.89. The number of nitrogens with one attached hydrogen (secondary N) is 1. The van der Waals surface area contributed by atoms with E-state index in [0.29, 0.717) is 23.9 Å². The summed E-state index contributed by atoms with van der Waals surface area (Å²) in [4.78, 5) is 35.7. The summed E-state index contributed by atoms with van der Waals surface area (Å²) >= 11 is 0. The van der Waals surface area contributed by atoms with Gasteiger partial charge in [0, 0.05) is 13.0 Å². The molecule has 0 aliphatic heterocycles. The molecule has 1 saturated carbocycles. The Hall–Kier alpha value is -2.57. The number of oxazole rings is 1. The van der Waals surface area contributed by atoms with E-state index in [1.54, 1.807) is 24.3 Å². The molecular formula is C17H20N2O5. The fourth-order valence-electron chi connectivity index (χ4n) is 3.32. The number of rotatable bonds is 5. The maximum Gasteiger partial charge on any atom is 0.419 e. The van der Waals surface area contributed by atoms with Crippen LogP contribution in [0, 0.1) is 0 Å². The van der Waals surface area contributed by atoms with E-state index in [4.69, 9.17) is 4.42 Å². The number of amides is 1. The van der Waals surface area contributed by atoms with Crippen LogP contribution in [0.5, 0.6) is 0 Å². The fraction of sp³-hybridized carbons (Fsp3) is 0.471. The summed E-state index contributed by atoms with van der Waals surface area (Å²) in [5, 5.41) is 12.2. The molecule has 2 aromatic rings. The van der Waals surface area contributed by atoms with Gasteiger partial charge in [-0.15, -0.1) is 0 Å². The van der Waals surface area contributed by atoms with E-state index < -0.39 is 17.3 Å². The van der Waals surface area contributed by atoms with Gasteiger partial charge in [0.15, 0.2) is 5.58 Å². The lowest BCUT2D eigenvalue weighted by molar-refractivity contribution is -0.149. The summed E-state index contributed by atoms with van der Waals surface area (Å²) in [6.45, 7) is 0.150. The van der Waals surface area contributed by atoms with Crippen LogP contribution in [-0.2, 0) is 16.1 Å². The van der Waals surface area contributed by atoms with Gasteiger partial charge in [0.2, 0.25) is 5.91 Å². The zero-order valence-electron chi connectivity index (χ0n) is 13.3. The molecule has 7 nitrogen and oxygen atoms in total. The molecule has 0 radical (unpaired) electrons. The number of para-hydroxylation sites is 2. The molecule has 7 heteroatoms. The predicted molar refractivity (Wildman–Crippen MR) is 86.7 cm³/mol. The molecule has 0 unspecified atom stereocenters. The minimum absolute atomic E-state index is 0.0263. The number of carbonyl (C=O) groups excluding carboxylic acids is 1. The summed E-state index contributed by atoms with van der Waals surface area (Å²) < 4.78 is 6.51. The third kappa shape index (κ3) is 3.06. The number of nitrogens with zero attached hydrogens (tertiary/aromatic N) is 1. The van der Waals surface area contributed by atoms with Crippen molar-refractivity contribution in [2.45, 2.75) is 50.6 Å². The highest BCUT2D eigenvalue weighted by Crippen LogP contribution is 2.28. The SMILES string of the molecule is O=C(CCn1c(=O)oc2ccccc21)NC1(C(=O)O)CCCCC1. The smallest absolute Gasteiger partial charge is 0.419 e. The molecule has 24 heavy (non-hydrogen) atoms. The van der Waals surface area contributed by atoms with Crippen LogP contribution in [0.4, 0.5) is 0 Å². The first-order valence-corrected chi connectivity index (χ1v) is 8.15. The molecule has 1 aromatic carbocycles. The zero-order valence-corrected chi connectivity index (χ0v) is 13.3. The highest BCUT2D eigenvalue weighted by molar-refractivity contribution is 5.87. The van der Waals surface area contributed by atoms with E-state index in [9.17, 15) is 19.5 Å². The first kappa shape index (κ1) is 16.3. The van der Waals surface area contributed by atoms with E-state index in [2.05, 4.69) is 5.32 Å². The average molecular weight is 332 g/mol. The highest BCUT2D eigenvalue weighted by atomic mass is 16.4. The van der Waals surface area contributed by atoms with Gasteiger partial charge in [-0.3, -0.25) is 9.36 Å². The van der Waals surface area contributed by atoms with E-state index >= 15 is 0 Å². The van der Waals surface area contributed by atoms with Crippen LogP contribution < -0.4 is 11.1 Å². The second-order valence-electron chi connectivity index (χ2n) is 6.23. The van der Waals surface area contributed by atoms with Crippen LogP contribution in [0.1, 0.15) is 38.5 Å². The molecular weight excluding hydrogens is 312 g/mol. The maximum atomic E-state index is 12.2. The number of carbonyl (C=O) groups is 2. The lowest BCUT2D eigenvalue weighted by atomic mass is 9.81. The number of aromatic nitrogens is 1. The van der Waals surface area contributed by atoms with Crippen molar-refractivity contribution in [1.29, 1.82) is 0 Å². The monoisotopic (exact) mass is 332 g/mol. The Balaban J connectivity index is 1.69. The molecule has 1 aliphatic rings. The Kier molecular flexibility index (Phi) is 4.42. The summed E-state index contributed by atoms with van der Waals surface area (Å²) in [5.74, 6) is -1.87. The third-order valence-corrected chi connectivity index (χ3v) is 4.63. The van der Waals surface area contributed by atoms with Crippen molar-refractivity contribution >= 4 is 23.0 Å². The van der Waals surface area contributed by atoms with Crippen molar-refractivity contribution in [1.82, 2.24) is 9.88 Å². The molecule has 1 amide bonds. The lowest BCUT2D eigenvalue weighted by Gasteiger charge is -2.34. The van der Waals surface area contributed by atoms with E-state index in [1.165, 1.54) is 4.57 Å². The van der Waals surface area contributed by atoms with Gasteiger partial charge in [0.05, 0.1) is 5.52 Å². The van der Waals surface area contributed by atoms with Crippen molar-refractivity contribution in [3.05, 3.63) is 34.8 Å². The number of benzene rings is 1. The standard InChI is InChI=1S/C17H20N2O5/c20-14(18-17(15(21)22)9-4-1-5-10-17)8-11-19-12-6-2-3-7-13(12)24-16(19)23/h2-3,6-7H,1,4-5,8-11H2,(H,18,20)(H,21,22).